The van der Waals surface area contributed by atoms with Gasteiger partial charge in [0.05, 0.1) is 13.3 Å². The molecule has 0 aliphatic carbocycles. The number of ether oxygens (including phenoxy) is 1. The Hall–Kier alpha value is -2.37. The molecule has 2 aromatic heterocycles. The van der Waals surface area contributed by atoms with Crippen molar-refractivity contribution in [2.24, 2.45) is 0 Å². The number of carbonyl (C=O) groups is 1. The van der Waals surface area contributed by atoms with Crippen LogP contribution >= 0.6 is 0 Å². The third-order valence-electron chi connectivity index (χ3n) is 2.06. The fourth-order valence-electron chi connectivity index (χ4n) is 1.38. The van der Waals surface area contributed by atoms with E-state index >= 15 is 0 Å². The van der Waals surface area contributed by atoms with Gasteiger partial charge in [0, 0.05) is 18.6 Å². The molecule has 0 unspecified atom stereocenters. The number of nitrogens with zero attached hydrogens (tertiary/aromatic N) is 3. The van der Waals surface area contributed by atoms with Crippen LogP contribution in [0.1, 0.15) is 10.4 Å². The van der Waals surface area contributed by atoms with Crippen molar-refractivity contribution < 1.29 is 14.6 Å². The molecular formula is C10H9N3O3. The number of pyridine rings is 1. The third-order valence-corrected chi connectivity index (χ3v) is 2.06. The second-order valence-corrected chi connectivity index (χ2v) is 3.00. The maximum Gasteiger partial charge on any atom is 0.341 e. The molecule has 0 aliphatic heterocycles. The highest BCUT2D eigenvalue weighted by Gasteiger charge is 2.16. The number of hydrogen-bond acceptors (Lipinski definition) is 4. The second-order valence-electron chi connectivity index (χ2n) is 3.00. The normalized spacial score (nSPS) is 10.1. The molecule has 2 heterocycles. The molecule has 82 valence electrons. The summed E-state index contributed by atoms with van der Waals surface area (Å²) < 4.78 is 6.58. The van der Waals surface area contributed by atoms with Crippen LogP contribution in [0.3, 0.4) is 0 Å². The number of aromatic nitrogens is 3. The van der Waals surface area contributed by atoms with Crippen molar-refractivity contribution >= 4 is 5.97 Å². The average Bonchev–Trinajstić information content (AvgIpc) is 2.81. The zero-order valence-electron chi connectivity index (χ0n) is 8.49. The van der Waals surface area contributed by atoms with Crippen LogP contribution in [0.15, 0.2) is 30.9 Å². The van der Waals surface area contributed by atoms with Crippen molar-refractivity contribution in [3.05, 3.63) is 36.4 Å². The summed E-state index contributed by atoms with van der Waals surface area (Å²) in [6.45, 7) is 0. The van der Waals surface area contributed by atoms with Crippen LogP contribution in [0.2, 0.25) is 0 Å². The van der Waals surface area contributed by atoms with Gasteiger partial charge in [0.2, 0.25) is 0 Å². The molecule has 16 heavy (non-hydrogen) atoms. The molecule has 2 aromatic rings. The van der Waals surface area contributed by atoms with Crippen LogP contribution < -0.4 is 4.74 Å². The van der Waals surface area contributed by atoms with Crippen LogP contribution in [0, 0.1) is 0 Å². The molecule has 0 bridgehead atoms. The van der Waals surface area contributed by atoms with Gasteiger partial charge in [-0.3, -0.25) is 4.98 Å². The van der Waals surface area contributed by atoms with Crippen LogP contribution in [-0.4, -0.2) is 33.0 Å². The maximum absolute atomic E-state index is 11.0. The summed E-state index contributed by atoms with van der Waals surface area (Å²) in [4.78, 5) is 14.8. The van der Waals surface area contributed by atoms with E-state index in [1.807, 2.05) is 0 Å². The first kappa shape index (κ1) is 10.2. The van der Waals surface area contributed by atoms with Gasteiger partial charge in [-0.2, -0.15) is 5.10 Å². The molecule has 0 saturated carbocycles. The highest BCUT2D eigenvalue weighted by molar-refractivity contribution is 5.91. The smallest absolute Gasteiger partial charge is 0.341 e. The number of carboxylic acids is 1. The molecule has 0 saturated heterocycles. The zero-order chi connectivity index (χ0) is 11.5. The molecule has 0 spiro atoms. The van der Waals surface area contributed by atoms with E-state index in [2.05, 4.69) is 10.1 Å². The van der Waals surface area contributed by atoms with Crippen LogP contribution in [0.4, 0.5) is 0 Å². The Morgan fingerprint density at radius 3 is 2.88 bits per heavy atom. The van der Waals surface area contributed by atoms with Crippen molar-refractivity contribution in [3.63, 3.8) is 0 Å². The summed E-state index contributed by atoms with van der Waals surface area (Å²) in [5.74, 6) is -0.843. The standard InChI is InChI=1S/C10H9N3O3/c1-16-9-7(10(14)15)5-11-6-8(9)13-4-2-3-12-13/h2-6H,1H3,(H,14,15). The van der Waals surface area contributed by atoms with Gasteiger partial charge < -0.3 is 9.84 Å². The van der Waals surface area contributed by atoms with E-state index in [1.165, 1.54) is 24.2 Å². The molecule has 0 atom stereocenters. The molecule has 0 amide bonds. The largest absolute Gasteiger partial charge is 0.493 e. The number of hydrogen-bond donors (Lipinski definition) is 1. The summed E-state index contributed by atoms with van der Waals surface area (Å²) in [6, 6.07) is 1.73. The van der Waals surface area contributed by atoms with Crippen LogP contribution in [-0.2, 0) is 0 Å². The molecule has 0 aromatic carbocycles. The van der Waals surface area contributed by atoms with Gasteiger partial charge in [-0.05, 0) is 6.07 Å². The number of carboxylic acid groups (broad SMARTS) is 1. The van der Waals surface area contributed by atoms with Gasteiger partial charge in [0.1, 0.15) is 11.3 Å². The van der Waals surface area contributed by atoms with Crippen molar-refractivity contribution in [1.29, 1.82) is 0 Å². The van der Waals surface area contributed by atoms with Gasteiger partial charge in [-0.25, -0.2) is 9.48 Å². The van der Waals surface area contributed by atoms with E-state index in [4.69, 9.17) is 9.84 Å². The predicted molar refractivity (Wildman–Crippen MR) is 54.9 cm³/mol. The van der Waals surface area contributed by atoms with Gasteiger partial charge in [-0.1, -0.05) is 0 Å². The van der Waals surface area contributed by atoms with Crippen LogP contribution in [0.5, 0.6) is 5.75 Å². The molecule has 0 fully saturated rings. The molecule has 6 heteroatoms. The number of aromatic carboxylic acids is 1. The minimum atomic E-state index is -1.08. The average molecular weight is 219 g/mol. The van der Waals surface area contributed by atoms with Gasteiger partial charge in [0.15, 0.2) is 5.75 Å². The fraction of sp³-hybridized carbons (Fsp3) is 0.100. The van der Waals surface area contributed by atoms with E-state index in [9.17, 15) is 4.79 Å². The summed E-state index contributed by atoms with van der Waals surface area (Å²) in [5, 5.41) is 13.0. The lowest BCUT2D eigenvalue weighted by Gasteiger charge is -2.09. The Morgan fingerprint density at radius 2 is 2.31 bits per heavy atom. The highest BCUT2D eigenvalue weighted by Crippen LogP contribution is 2.25. The lowest BCUT2D eigenvalue weighted by molar-refractivity contribution is 0.0693. The first-order valence-electron chi connectivity index (χ1n) is 4.49. The maximum atomic E-state index is 11.0. The monoisotopic (exact) mass is 219 g/mol. The Balaban J connectivity index is 2.62. The Kier molecular flexibility index (Phi) is 2.55. The third kappa shape index (κ3) is 1.60. The Bertz CT molecular complexity index is 508. The summed E-state index contributed by atoms with van der Waals surface area (Å²) in [5.41, 5.74) is 0.503. The first-order valence-corrected chi connectivity index (χ1v) is 4.49. The van der Waals surface area contributed by atoms with E-state index in [-0.39, 0.29) is 11.3 Å². The van der Waals surface area contributed by atoms with Gasteiger partial charge in [0.25, 0.3) is 0 Å². The Morgan fingerprint density at radius 1 is 1.50 bits per heavy atom. The molecule has 0 radical (unpaired) electrons. The topological polar surface area (TPSA) is 77.2 Å². The van der Waals surface area contributed by atoms with E-state index in [0.717, 1.165) is 0 Å². The number of rotatable bonds is 3. The molecule has 2 rings (SSSR count). The van der Waals surface area contributed by atoms with Crippen LogP contribution in [0.25, 0.3) is 5.69 Å². The van der Waals surface area contributed by atoms with Crippen molar-refractivity contribution in [1.82, 2.24) is 14.8 Å². The van der Waals surface area contributed by atoms with E-state index < -0.39 is 5.97 Å². The lowest BCUT2D eigenvalue weighted by atomic mass is 10.2. The number of methoxy groups -OCH3 is 1. The summed E-state index contributed by atoms with van der Waals surface area (Å²) >= 11 is 0. The zero-order valence-corrected chi connectivity index (χ0v) is 8.49. The van der Waals surface area contributed by atoms with Gasteiger partial charge >= 0.3 is 5.97 Å². The molecular weight excluding hydrogens is 210 g/mol. The summed E-state index contributed by atoms with van der Waals surface area (Å²) in [7, 11) is 1.41. The second kappa shape index (κ2) is 4.01. The lowest BCUT2D eigenvalue weighted by Crippen LogP contribution is -2.06. The Labute approximate surface area is 91.1 Å². The quantitative estimate of drug-likeness (QED) is 0.832. The molecule has 1 N–H and O–H groups in total. The van der Waals surface area contributed by atoms with E-state index in [0.29, 0.717) is 5.69 Å². The van der Waals surface area contributed by atoms with Gasteiger partial charge in [-0.15, -0.1) is 0 Å². The highest BCUT2D eigenvalue weighted by atomic mass is 16.5. The first-order chi connectivity index (χ1) is 7.74. The predicted octanol–water partition coefficient (Wildman–Crippen LogP) is 0.974. The van der Waals surface area contributed by atoms with Crippen molar-refractivity contribution in [2.75, 3.05) is 7.11 Å². The fourth-order valence-corrected chi connectivity index (χ4v) is 1.38. The van der Waals surface area contributed by atoms with Crippen molar-refractivity contribution in [3.8, 4) is 11.4 Å². The SMILES string of the molecule is COc1c(C(=O)O)cncc1-n1cccn1. The molecule has 0 aliphatic rings. The van der Waals surface area contributed by atoms with E-state index in [1.54, 1.807) is 18.5 Å². The summed E-state index contributed by atoms with van der Waals surface area (Å²) in [6.07, 6.45) is 6.02. The van der Waals surface area contributed by atoms with Crippen molar-refractivity contribution in [2.45, 2.75) is 0 Å². The minimum absolute atomic E-state index is 0.00972. The molecule has 6 nitrogen and oxygen atoms in total. The minimum Gasteiger partial charge on any atom is -0.493 e.